The van der Waals surface area contributed by atoms with Crippen LogP contribution in [0.5, 0.6) is 5.75 Å². The number of carbonyl (C=O) groups is 2. The van der Waals surface area contributed by atoms with Gasteiger partial charge in [-0.3, -0.25) is 14.7 Å². The van der Waals surface area contributed by atoms with Gasteiger partial charge in [-0.15, -0.1) is 11.8 Å². The highest BCUT2D eigenvalue weighted by molar-refractivity contribution is 7.98. The fourth-order valence-corrected chi connectivity index (χ4v) is 2.51. The number of thioether (sulfide) groups is 1. The predicted molar refractivity (Wildman–Crippen MR) is 85.5 cm³/mol. The summed E-state index contributed by atoms with van der Waals surface area (Å²) in [5.41, 5.74) is -0.605. The Hall–Kier alpha value is -2.48. The molecule has 8 heteroatoms. The first kappa shape index (κ1) is 16.9. The van der Waals surface area contributed by atoms with Gasteiger partial charge in [0.15, 0.2) is 5.56 Å². The standard InChI is InChI=1S/C15H16N2O5S/c1-4-22-15(20)11-12(23-3)16-17(14(11)19)13(18)9-5-7-10(21-2)8-6-9/h5-8,16H,4H2,1-3H3. The number of aromatic amines is 1. The largest absolute Gasteiger partial charge is 0.497 e. The second kappa shape index (κ2) is 7.19. The van der Waals surface area contributed by atoms with Crippen LogP contribution in [0.4, 0.5) is 0 Å². The number of esters is 1. The third kappa shape index (κ3) is 3.31. The van der Waals surface area contributed by atoms with Crippen LogP contribution in [0.15, 0.2) is 34.1 Å². The molecule has 0 aliphatic rings. The summed E-state index contributed by atoms with van der Waals surface area (Å²) in [4.78, 5) is 36.7. The first-order valence-corrected chi connectivity index (χ1v) is 8.00. The van der Waals surface area contributed by atoms with Crippen LogP contribution in [0.25, 0.3) is 0 Å². The molecule has 23 heavy (non-hydrogen) atoms. The molecule has 0 atom stereocenters. The molecule has 0 unspecified atom stereocenters. The lowest BCUT2D eigenvalue weighted by molar-refractivity contribution is 0.0521. The SMILES string of the molecule is CCOC(=O)c1c(SC)[nH]n(C(=O)c2ccc(OC)cc2)c1=O. The minimum atomic E-state index is -0.751. The van der Waals surface area contributed by atoms with Crippen LogP contribution in [0.1, 0.15) is 27.6 Å². The molecule has 0 spiro atoms. The average molecular weight is 336 g/mol. The van der Waals surface area contributed by atoms with Crippen molar-refractivity contribution in [3.8, 4) is 5.75 Å². The van der Waals surface area contributed by atoms with Gasteiger partial charge in [0.2, 0.25) is 0 Å². The summed E-state index contributed by atoms with van der Waals surface area (Å²) >= 11 is 1.15. The van der Waals surface area contributed by atoms with Gasteiger partial charge in [0.05, 0.1) is 13.7 Å². The van der Waals surface area contributed by atoms with Gasteiger partial charge in [-0.1, -0.05) is 0 Å². The minimum Gasteiger partial charge on any atom is -0.497 e. The van der Waals surface area contributed by atoms with E-state index in [1.165, 1.54) is 19.2 Å². The van der Waals surface area contributed by atoms with E-state index in [0.717, 1.165) is 16.4 Å². The Morgan fingerprint density at radius 2 is 1.91 bits per heavy atom. The molecular formula is C15H16N2O5S. The van der Waals surface area contributed by atoms with Gasteiger partial charge in [-0.2, -0.15) is 4.68 Å². The van der Waals surface area contributed by atoms with Crippen LogP contribution in [-0.4, -0.2) is 41.6 Å². The molecule has 0 bridgehead atoms. The number of rotatable bonds is 5. The lowest BCUT2D eigenvalue weighted by atomic mass is 10.2. The lowest BCUT2D eigenvalue weighted by Crippen LogP contribution is -2.28. The van der Waals surface area contributed by atoms with E-state index >= 15 is 0 Å². The molecule has 0 amide bonds. The predicted octanol–water partition coefficient (Wildman–Crippen LogP) is 1.77. The number of aromatic nitrogens is 2. The highest BCUT2D eigenvalue weighted by atomic mass is 32.2. The molecule has 0 saturated carbocycles. The van der Waals surface area contributed by atoms with Gasteiger partial charge < -0.3 is 9.47 Å². The summed E-state index contributed by atoms with van der Waals surface area (Å²) in [6, 6.07) is 6.31. The Morgan fingerprint density at radius 1 is 1.26 bits per heavy atom. The van der Waals surface area contributed by atoms with Crippen molar-refractivity contribution < 1.29 is 19.1 Å². The van der Waals surface area contributed by atoms with Gasteiger partial charge in [0.1, 0.15) is 10.8 Å². The normalized spacial score (nSPS) is 10.4. The second-order valence-electron chi connectivity index (χ2n) is 4.41. The van der Waals surface area contributed by atoms with Crippen molar-refractivity contribution in [2.45, 2.75) is 11.9 Å². The molecule has 0 fully saturated rings. The van der Waals surface area contributed by atoms with E-state index in [4.69, 9.17) is 9.47 Å². The molecule has 2 rings (SSSR count). The summed E-state index contributed by atoms with van der Waals surface area (Å²) in [7, 11) is 1.52. The van der Waals surface area contributed by atoms with E-state index in [1.54, 1.807) is 25.3 Å². The van der Waals surface area contributed by atoms with E-state index < -0.39 is 17.4 Å². The maximum atomic E-state index is 12.5. The Kier molecular flexibility index (Phi) is 5.28. The number of H-pyrrole nitrogens is 1. The third-order valence-corrected chi connectivity index (χ3v) is 3.78. The van der Waals surface area contributed by atoms with Gasteiger partial charge in [0, 0.05) is 5.56 Å². The molecule has 7 nitrogen and oxygen atoms in total. The number of hydrogen-bond donors (Lipinski definition) is 1. The van der Waals surface area contributed by atoms with Crippen LogP contribution < -0.4 is 10.3 Å². The van der Waals surface area contributed by atoms with Crippen molar-refractivity contribution in [3.05, 3.63) is 45.7 Å². The zero-order valence-electron chi connectivity index (χ0n) is 12.9. The van der Waals surface area contributed by atoms with E-state index in [0.29, 0.717) is 5.75 Å². The summed E-state index contributed by atoms with van der Waals surface area (Å²) in [6.45, 7) is 1.79. The molecule has 1 N–H and O–H groups in total. The summed E-state index contributed by atoms with van der Waals surface area (Å²) < 4.78 is 10.7. The molecule has 1 aromatic carbocycles. The fourth-order valence-electron chi connectivity index (χ4n) is 1.95. The number of methoxy groups -OCH3 is 1. The molecule has 0 saturated heterocycles. The van der Waals surface area contributed by atoms with Crippen LogP contribution in [0.3, 0.4) is 0 Å². The molecular weight excluding hydrogens is 320 g/mol. The fraction of sp³-hybridized carbons (Fsp3) is 0.267. The third-order valence-electron chi connectivity index (χ3n) is 3.08. The average Bonchev–Trinajstić information content (AvgIpc) is 2.91. The van der Waals surface area contributed by atoms with Crippen molar-refractivity contribution in [3.63, 3.8) is 0 Å². The Morgan fingerprint density at radius 3 is 2.43 bits per heavy atom. The summed E-state index contributed by atoms with van der Waals surface area (Å²) in [6.07, 6.45) is 1.69. The number of carbonyl (C=O) groups excluding carboxylic acids is 2. The number of ether oxygens (including phenoxy) is 2. The highest BCUT2D eigenvalue weighted by Crippen LogP contribution is 2.17. The van der Waals surface area contributed by atoms with E-state index in [-0.39, 0.29) is 22.8 Å². The minimum absolute atomic E-state index is 0.143. The molecule has 0 aliphatic heterocycles. The first-order chi connectivity index (χ1) is 11.0. The number of nitrogens with one attached hydrogen (secondary N) is 1. The molecule has 0 radical (unpaired) electrons. The van der Waals surface area contributed by atoms with E-state index in [2.05, 4.69) is 5.10 Å². The van der Waals surface area contributed by atoms with Crippen LogP contribution in [0, 0.1) is 0 Å². The smallest absolute Gasteiger partial charge is 0.346 e. The monoisotopic (exact) mass is 336 g/mol. The van der Waals surface area contributed by atoms with E-state index in [1.807, 2.05) is 0 Å². The maximum Gasteiger partial charge on any atom is 0.346 e. The topological polar surface area (TPSA) is 90.4 Å². The van der Waals surface area contributed by atoms with Crippen molar-refractivity contribution in [1.82, 2.24) is 9.78 Å². The molecule has 0 aliphatic carbocycles. The summed E-state index contributed by atoms with van der Waals surface area (Å²) in [5, 5.41) is 2.94. The highest BCUT2D eigenvalue weighted by Gasteiger charge is 2.25. The van der Waals surface area contributed by atoms with Crippen LogP contribution >= 0.6 is 11.8 Å². The van der Waals surface area contributed by atoms with Gasteiger partial charge in [-0.05, 0) is 37.4 Å². The number of benzene rings is 1. The maximum absolute atomic E-state index is 12.5. The molecule has 1 heterocycles. The first-order valence-electron chi connectivity index (χ1n) is 6.78. The second-order valence-corrected chi connectivity index (χ2v) is 5.23. The number of hydrogen-bond acceptors (Lipinski definition) is 6. The van der Waals surface area contributed by atoms with Crippen LogP contribution in [-0.2, 0) is 4.74 Å². The van der Waals surface area contributed by atoms with Crippen LogP contribution in [0.2, 0.25) is 0 Å². The van der Waals surface area contributed by atoms with Gasteiger partial charge in [0.25, 0.3) is 11.5 Å². The summed E-state index contributed by atoms with van der Waals surface area (Å²) in [5.74, 6) is -0.722. The molecule has 1 aromatic heterocycles. The Labute approximate surface area is 136 Å². The van der Waals surface area contributed by atoms with Crippen molar-refractivity contribution >= 4 is 23.6 Å². The van der Waals surface area contributed by atoms with Gasteiger partial charge >= 0.3 is 5.97 Å². The Balaban J connectivity index is 2.44. The van der Waals surface area contributed by atoms with Crippen molar-refractivity contribution in [2.24, 2.45) is 0 Å². The zero-order valence-corrected chi connectivity index (χ0v) is 13.7. The van der Waals surface area contributed by atoms with E-state index in [9.17, 15) is 14.4 Å². The lowest BCUT2D eigenvalue weighted by Gasteiger charge is -2.02. The zero-order chi connectivity index (χ0) is 17.0. The number of nitrogens with zero attached hydrogens (tertiary/aromatic N) is 1. The van der Waals surface area contributed by atoms with Gasteiger partial charge in [-0.25, -0.2) is 4.79 Å². The van der Waals surface area contributed by atoms with Crippen molar-refractivity contribution in [1.29, 1.82) is 0 Å². The quantitative estimate of drug-likeness (QED) is 0.661. The molecule has 122 valence electrons. The van der Waals surface area contributed by atoms with Crippen molar-refractivity contribution in [2.75, 3.05) is 20.0 Å². The molecule has 2 aromatic rings. The Bertz CT molecular complexity index is 776.